The fourth-order valence-electron chi connectivity index (χ4n) is 4.60. The molecular weight excluding hydrogens is 427 g/mol. The summed E-state index contributed by atoms with van der Waals surface area (Å²) in [6.07, 6.45) is 3.34. The highest BCUT2D eigenvalue weighted by Crippen LogP contribution is 2.37. The Labute approximate surface area is 197 Å². The molecule has 0 bridgehead atoms. The van der Waals surface area contributed by atoms with E-state index in [0.717, 1.165) is 46.0 Å². The van der Waals surface area contributed by atoms with Crippen LogP contribution in [0.1, 0.15) is 34.3 Å². The minimum atomic E-state index is -0.565. The third-order valence-electron chi connectivity index (χ3n) is 6.64. The summed E-state index contributed by atoms with van der Waals surface area (Å²) in [7, 11) is 0. The second-order valence-electron chi connectivity index (χ2n) is 8.95. The Hall–Kier alpha value is -3.95. The number of nitrogens with zero attached hydrogens (tertiary/aromatic N) is 2. The molecular formula is C28H25FN4O. The Balaban J connectivity index is 1.66. The Morgan fingerprint density at radius 3 is 2.41 bits per heavy atom. The minimum Gasteiger partial charge on any atom is -0.360 e. The molecule has 2 heterocycles. The lowest BCUT2D eigenvalue weighted by atomic mass is 9.91. The van der Waals surface area contributed by atoms with E-state index in [9.17, 15) is 9.18 Å². The smallest absolute Gasteiger partial charge is 0.256 e. The number of amides is 1. The van der Waals surface area contributed by atoms with Gasteiger partial charge in [0, 0.05) is 36.2 Å². The van der Waals surface area contributed by atoms with Crippen molar-refractivity contribution in [3.8, 4) is 28.3 Å². The normalized spacial score (nSPS) is 14.4. The van der Waals surface area contributed by atoms with Crippen LogP contribution in [-0.2, 0) is 0 Å². The quantitative estimate of drug-likeness (QED) is 0.437. The van der Waals surface area contributed by atoms with Crippen molar-refractivity contribution in [1.82, 2.24) is 9.88 Å². The molecule has 1 fully saturated rings. The van der Waals surface area contributed by atoms with Gasteiger partial charge in [0.1, 0.15) is 11.9 Å². The summed E-state index contributed by atoms with van der Waals surface area (Å²) in [5.74, 6) is -0.594. The minimum absolute atomic E-state index is 0.00234. The van der Waals surface area contributed by atoms with E-state index in [1.165, 1.54) is 12.1 Å². The molecule has 5 rings (SSSR count). The molecule has 6 heteroatoms. The number of carbonyl (C=O) groups is 1. The molecule has 0 radical (unpaired) electrons. The predicted octanol–water partition coefficient (Wildman–Crippen LogP) is 5.38. The zero-order chi connectivity index (χ0) is 23.8. The average Bonchev–Trinajstić information content (AvgIpc) is 3.26. The van der Waals surface area contributed by atoms with Gasteiger partial charge in [0.2, 0.25) is 0 Å². The number of carbonyl (C=O) groups excluding carboxylic acids is 1. The monoisotopic (exact) mass is 452 g/mol. The van der Waals surface area contributed by atoms with Crippen molar-refractivity contribution >= 4 is 16.8 Å². The van der Waals surface area contributed by atoms with Crippen LogP contribution in [0.15, 0.2) is 60.8 Å². The van der Waals surface area contributed by atoms with Gasteiger partial charge in [-0.25, -0.2) is 4.39 Å². The lowest BCUT2D eigenvalue weighted by Gasteiger charge is -2.30. The zero-order valence-electron chi connectivity index (χ0n) is 18.9. The van der Waals surface area contributed by atoms with E-state index < -0.39 is 5.82 Å². The number of halogens is 1. The van der Waals surface area contributed by atoms with Crippen molar-refractivity contribution in [3.63, 3.8) is 0 Å². The van der Waals surface area contributed by atoms with Gasteiger partial charge in [0.15, 0.2) is 0 Å². The molecule has 1 aliphatic rings. The number of hydrogen-bond donors (Lipinski definition) is 2. The molecule has 1 saturated heterocycles. The van der Waals surface area contributed by atoms with Crippen molar-refractivity contribution in [2.75, 3.05) is 13.1 Å². The number of aromatic amines is 1. The topological polar surface area (TPSA) is 85.9 Å². The number of hydrogen-bond acceptors (Lipinski definition) is 3. The van der Waals surface area contributed by atoms with Crippen LogP contribution in [0.25, 0.3) is 33.2 Å². The second-order valence-corrected chi connectivity index (χ2v) is 8.95. The van der Waals surface area contributed by atoms with Crippen molar-refractivity contribution in [2.24, 2.45) is 5.73 Å². The van der Waals surface area contributed by atoms with Gasteiger partial charge < -0.3 is 15.6 Å². The summed E-state index contributed by atoms with van der Waals surface area (Å²) in [6.45, 7) is 3.31. The molecule has 4 aromatic rings. The van der Waals surface area contributed by atoms with E-state index in [4.69, 9.17) is 11.0 Å². The Morgan fingerprint density at radius 1 is 1.06 bits per heavy atom. The number of nitriles is 1. The molecule has 1 aliphatic heterocycles. The summed E-state index contributed by atoms with van der Waals surface area (Å²) >= 11 is 0. The van der Waals surface area contributed by atoms with E-state index >= 15 is 0 Å². The largest absolute Gasteiger partial charge is 0.360 e. The maximum absolute atomic E-state index is 14.6. The van der Waals surface area contributed by atoms with Crippen LogP contribution < -0.4 is 5.73 Å². The molecule has 0 spiro atoms. The maximum Gasteiger partial charge on any atom is 0.256 e. The van der Waals surface area contributed by atoms with Gasteiger partial charge >= 0.3 is 0 Å². The van der Waals surface area contributed by atoms with Crippen molar-refractivity contribution < 1.29 is 9.18 Å². The summed E-state index contributed by atoms with van der Waals surface area (Å²) in [5, 5.41) is 9.93. The number of fused-ring (bicyclic) bond motifs is 1. The van der Waals surface area contributed by atoms with Crippen molar-refractivity contribution in [3.05, 3.63) is 83.3 Å². The fourth-order valence-corrected chi connectivity index (χ4v) is 4.60. The SMILES string of the molecule is Cc1ccc(-c2cc3[nH]cc(C(=O)N4CCC(N)CC4)c3cc2-c2ccc(C#N)c(F)c2)cc1. The molecule has 0 aliphatic carbocycles. The van der Waals surface area contributed by atoms with E-state index in [1.54, 1.807) is 12.3 Å². The van der Waals surface area contributed by atoms with Gasteiger partial charge in [-0.05, 0) is 66.3 Å². The summed E-state index contributed by atoms with van der Waals surface area (Å²) in [5.41, 5.74) is 11.9. The third-order valence-corrected chi connectivity index (χ3v) is 6.64. The van der Waals surface area contributed by atoms with Crippen LogP contribution in [0, 0.1) is 24.1 Å². The molecule has 3 aromatic carbocycles. The first-order valence-corrected chi connectivity index (χ1v) is 11.4. The van der Waals surface area contributed by atoms with Crippen molar-refractivity contribution in [2.45, 2.75) is 25.8 Å². The predicted molar refractivity (Wildman–Crippen MR) is 132 cm³/mol. The van der Waals surface area contributed by atoms with E-state index in [2.05, 4.69) is 4.98 Å². The van der Waals surface area contributed by atoms with Crippen LogP contribution in [-0.4, -0.2) is 34.9 Å². The first kappa shape index (κ1) is 21.9. The van der Waals surface area contributed by atoms with Gasteiger partial charge in [0.25, 0.3) is 5.91 Å². The lowest BCUT2D eigenvalue weighted by Crippen LogP contribution is -2.42. The Bertz CT molecular complexity index is 1420. The van der Waals surface area contributed by atoms with Crippen LogP contribution in [0.3, 0.4) is 0 Å². The molecule has 0 atom stereocenters. The molecule has 170 valence electrons. The number of nitrogens with two attached hydrogens (primary N) is 1. The van der Waals surface area contributed by atoms with Gasteiger partial charge in [-0.3, -0.25) is 4.79 Å². The highest BCUT2D eigenvalue weighted by molar-refractivity contribution is 6.09. The first-order chi connectivity index (χ1) is 16.4. The van der Waals surface area contributed by atoms with Crippen LogP contribution in [0.5, 0.6) is 0 Å². The molecule has 3 N–H and O–H groups in total. The van der Waals surface area contributed by atoms with Crippen LogP contribution in [0.4, 0.5) is 4.39 Å². The third kappa shape index (κ3) is 3.95. The van der Waals surface area contributed by atoms with E-state index in [1.807, 2.05) is 54.3 Å². The standard InChI is InChI=1S/C28H25FN4O/c1-17-2-4-18(5-3-17)23-14-27-24(13-22(23)19-6-7-20(15-30)26(29)12-19)25(16-32-27)28(34)33-10-8-21(31)9-11-33/h2-7,12-14,16,21,32H,8-11,31H2,1H3. The van der Waals surface area contributed by atoms with Gasteiger partial charge in [-0.15, -0.1) is 0 Å². The maximum atomic E-state index is 14.6. The molecule has 0 unspecified atom stereocenters. The Kier molecular flexibility index (Phi) is 5.64. The summed E-state index contributed by atoms with van der Waals surface area (Å²) in [4.78, 5) is 18.4. The molecule has 0 saturated carbocycles. The number of H-pyrrole nitrogens is 1. The number of aryl methyl sites for hydroxylation is 1. The summed E-state index contributed by atoms with van der Waals surface area (Å²) < 4.78 is 14.6. The molecule has 34 heavy (non-hydrogen) atoms. The fraction of sp³-hybridized carbons (Fsp3) is 0.214. The van der Waals surface area contributed by atoms with Gasteiger partial charge in [-0.2, -0.15) is 5.26 Å². The number of aromatic nitrogens is 1. The van der Waals surface area contributed by atoms with E-state index in [0.29, 0.717) is 24.2 Å². The highest BCUT2D eigenvalue weighted by Gasteiger charge is 2.24. The average molecular weight is 453 g/mol. The van der Waals surface area contributed by atoms with Gasteiger partial charge in [0.05, 0.1) is 11.1 Å². The first-order valence-electron chi connectivity index (χ1n) is 11.4. The number of piperidine rings is 1. The Morgan fingerprint density at radius 2 is 1.74 bits per heavy atom. The number of benzene rings is 3. The zero-order valence-corrected chi connectivity index (χ0v) is 18.9. The molecule has 5 nitrogen and oxygen atoms in total. The second kappa shape index (κ2) is 8.77. The number of nitrogens with one attached hydrogen (secondary N) is 1. The van der Waals surface area contributed by atoms with Crippen molar-refractivity contribution in [1.29, 1.82) is 5.26 Å². The summed E-state index contributed by atoms with van der Waals surface area (Å²) in [6, 6.07) is 18.7. The van der Waals surface area contributed by atoms with Crippen LogP contribution >= 0.6 is 0 Å². The lowest BCUT2D eigenvalue weighted by molar-refractivity contribution is 0.0717. The molecule has 1 amide bonds. The van der Waals surface area contributed by atoms with Gasteiger partial charge in [-0.1, -0.05) is 35.9 Å². The van der Waals surface area contributed by atoms with Crippen LogP contribution in [0.2, 0.25) is 0 Å². The molecule has 1 aromatic heterocycles. The number of rotatable bonds is 3. The number of likely N-dealkylation sites (tertiary alicyclic amines) is 1. The highest BCUT2D eigenvalue weighted by atomic mass is 19.1. The van der Waals surface area contributed by atoms with E-state index in [-0.39, 0.29) is 17.5 Å².